The van der Waals surface area contributed by atoms with Crippen LogP contribution in [-0.2, 0) is 29.1 Å². The molecule has 1 unspecified atom stereocenters. The van der Waals surface area contributed by atoms with E-state index in [2.05, 4.69) is 64.1 Å². The molecule has 0 aliphatic carbocycles. The Labute approximate surface area is 182 Å². The van der Waals surface area contributed by atoms with Gasteiger partial charge in [0, 0.05) is 37.4 Å². The van der Waals surface area contributed by atoms with Crippen LogP contribution in [0.2, 0.25) is 0 Å². The van der Waals surface area contributed by atoms with Crippen LogP contribution in [0.1, 0.15) is 34.6 Å². The van der Waals surface area contributed by atoms with Crippen molar-refractivity contribution in [3.8, 4) is 0 Å². The summed E-state index contributed by atoms with van der Waals surface area (Å²) in [6.45, 7) is 2.39. The number of fused-ring (bicyclic) bond motifs is 2. The van der Waals surface area contributed by atoms with E-state index >= 15 is 0 Å². The standard InChI is InChI=1S/C26H25N3O2/c30-25-15-22(21-6-2-3-7-23(21)28-25)26(31)27-16-18-9-11-19(12-10-18)17-29-14-13-20-5-1-4-8-24(20)29/h1-12,22H,13-17H2,(H,27,31)(H,28,30). The highest BCUT2D eigenvalue weighted by atomic mass is 16.2. The second-order valence-electron chi connectivity index (χ2n) is 8.23. The minimum Gasteiger partial charge on any atom is -0.367 e. The lowest BCUT2D eigenvalue weighted by Crippen LogP contribution is -2.34. The molecule has 0 saturated heterocycles. The van der Waals surface area contributed by atoms with E-state index < -0.39 is 5.92 Å². The predicted molar refractivity (Wildman–Crippen MR) is 122 cm³/mol. The van der Waals surface area contributed by atoms with Crippen LogP contribution in [0.4, 0.5) is 11.4 Å². The number of rotatable bonds is 5. The van der Waals surface area contributed by atoms with E-state index in [1.807, 2.05) is 24.3 Å². The van der Waals surface area contributed by atoms with Crippen molar-refractivity contribution in [1.29, 1.82) is 0 Å². The molecule has 0 aromatic heterocycles. The molecule has 2 heterocycles. The van der Waals surface area contributed by atoms with Crippen molar-refractivity contribution in [3.63, 3.8) is 0 Å². The monoisotopic (exact) mass is 411 g/mol. The Kier molecular flexibility index (Phi) is 5.16. The van der Waals surface area contributed by atoms with Gasteiger partial charge in [-0.15, -0.1) is 0 Å². The van der Waals surface area contributed by atoms with E-state index in [4.69, 9.17) is 0 Å². The van der Waals surface area contributed by atoms with Crippen LogP contribution in [0.5, 0.6) is 0 Å². The van der Waals surface area contributed by atoms with E-state index in [0.717, 1.165) is 36.3 Å². The van der Waals surface area contributed by atoms with Crippen molar-refractivity contribution in [2.24, 2.45) is 0 Å². The zero-order valence-electron chi connectivity index (χ0n) is 17.3. The van der Waals surface area contributed by atoms with Crippen LogP contribution in [0, 0.1) is 0 Å². The van der Waals surface area contributed by atoms with Gasteiger partial charge in [-0.05, 0) is 40.8 Å². The molecule has 0 radical (unpaired) electrons. The SMILES string of the molecule is O=C1CC(C(=O)NCc2ccc(CN3CCc4ccccc43)cc2)c2ccccc2N1. The second kappa shape index (κ2) is 8.26. The average molecular weight is 412 g/mol. The van der Waals surface area contributed by atoms with Gasteiger partial charge < -0.3 is 15.5 Å². The highest BCUT2D eigenvalue weighted by Gasteiger charge is 2.30. The average Bonchev–Trinajstić information content (AvgIpc) is 3.20. The maximum absolute atomic E-state index is 12.8. The molecule has 0 fully saturated rings. The van der Waals surface area contributed by atoms with Gasteiger partial charge in [0.1, 0.15) is 0 Å². The molecule has 0 spiro atoms. The fourth-order valence-corrected chi connectivity index (χ4v) is 4.51. The van der Waals surface area contributed by atoms with Gasteiger partial charge in [-0.25, -0.2) is 0 Å². The Balaban J connectivity index is 1.20. The summed E-state index contributed by atoms with van der Waals surface area (Å²) in [5.74, 6) is -0.675. The first kappa shape index (κ1) is 19.4. The third-order valence-corrected chi connectivity index (χ3v) is 6.16. The Bertz CT molecular complexity index is 1120. The number of para-hydroxylation sites is 2. The topological polar surface area (TPSA) is 61.4 Å². The number of nitrogens with zero attached hydrogens (tertiary/aromatic N) is 1. The Morgan fingerprint density at radius 1 is 0.968 bits per heavy atom. The van der Waals surface area contributed by atoms with Crippen LogP contribution >= 0.6 is 0 Å². The van der Waals surface area contributed by atoms with E-state index in [-0.39, 0.29) is 18.2 Å². The molecule has 156 valence electrons. The second-order valence-corrected chi connectivity index (χ2v) is 8.23. The van der Waals surface area contributed by atoms with Crippen molar-refractivity contribution in [3.05, 3.63) is 95.1 Å². The maximum Gasteiger partial charge on any atom is 0.228 e. The van der Waals surface area contributed by atoms with Crippen LogP contribution in [-0.4, -0.2) is 18.4 Å². The van der Waals surface area contributed by atoms with Crippen molar-refractivity contribution in [1.82, 2.24) is 5.32 Å². The lowest BCUT2D eigenvalue weighted by molar-refractivity contribution is -0.126. The molecule has 1 atom stereocenters. The largest absolute Gasteiger partial charge is 0.367 e. The molecule has 2 aliphatic rings. The van der Waals surface area contributed by atoms with E-state index in [9.17, 15) is 9.59 Å². The molecular weight excluding hydrogens is 386 g/mol. The summed E-state index contributed by atoms with van der Waals surface area (Å²) in [6.07, 6.45) is 1.28. The Hall–Kier alpha value is -3.60. The molecule has 5 nitrogen and oxygen atoms in total. The summed E-state index contributed by atoms with van der Waals surface area (Å²) in [7, 11) is 0. The third-order valence-electron chi connectivity index (χ3n) is 6.16. The van der Waals surface area contributed by atoms with Crippen LogP contribution in [0.3, 0.4) is 0 Å². The maximum atomic E-state index is 12.8. The number of hydrogen-bond donors (Lipinski definition) is 2. The lowest BCUT2D eigenvalue weighted by atomic mass is 9.90. The first-order valence-corrected chi connectivity index (χ1v) is 10.7. The predicted octanol–water partition coefficient (Wildman–Crippen LogP) is 3.99. The molecule has 5 heteroatoms. The summed E-state index contributed by atoms with van der Waals surface area (Å²) in [6, 6.07) is 24.5. The Morgan fingerprint density at radius 3 is 2.58 bits per heavy atom. The minimum atomic E-state index is -0.445. The lowest BCUT2D eigenvalue weighted by Gasteiger charge is -2.24. The zero-order chi connectivity index (χ0) is 21.2. The van der Waals surface area contributed by atoms with Crippen molar-refractivity contribution >= 4 is 23.2 Å². The molecule has 2 amide bonds. The van der Waals surface area contributed by atoms with Gasteiger partial charge in [-0.3, -0.25) is 9.59 Å². The summed E-state index contributed by atoms with van der Waals surface area (Å²) < 4.78 is 0. The van der Waals surface area contributed by atoms with Crippen LogP contribution < -0.4 is 15.5 Å². The molecule has 2 aliphatic heterocycles. The molecular formula is C26H25N3O2. The van der Waals surface area contributed by atoms with Crippen molar-refractivity contribution in [2.45, 2.75) is 31.8 Å². The molecule has 0 saturated carbocycles. The van der Waals surface area contributed by atoms with Gasteiger partial charge in [0.2, 0.25) is 11.8 Å². The fourth-order valence-electron chi connectivity index (χ4n) is 4.51. The molecule has 0 bridgehead atoms. The normalized spacial score (nSPS) is 17.0. The van der Waals surface area contributed by atoms with Gasteiger partial charge in [-0.2, -0.15) is 0 Å². The van der Waals surface area contributed by atoms with Gasteiger partial charge in [-0.1, -0.05) is 60.7 Å². The fraction of sp³-hybridized carbons (Fsp3) is 0.231. The number of amides is 2. The smallest absolute Gasteiger partial charge is 0.228 e. The molecule has 3 aromatic carbocycles. The van der Waals surface area contributed by atoms with Crippen LogP contribution in [0.15, 0.2) is 72.8 Å². The number of anilines is 2. The first-order chi connectivity index (χ1) is 15.2. The summed E-state index contributed by atoms with van der Waals surface area (Å²) in [5.41, 5.74) is 6.65. The quantitative estimate of drug-likeness (QED) is 0.667. The summed E-state index contributed by atoms with van der Waals surface area (Å²) >= 11 is 0. The first-order valence-electron chi connectivity index (χ1n) is 10.7. The number of benzene rings is 3. The van der Waals surface area contributed by atoms with Crippen LogP contribution in [0.25, 0.3) is 0 Å². The van der Waals surface area contributed by atoms with E-state index in [0.29, 0.717) is 6.54 Å². The minimum absolute atomic E-state index is 0.111. The van der Waals surface area contributed by atoms with Gasteiger partial charge in [0.25, 0.3) is 0 Å². The highest BCUT2D eigenvalue weighted by molar-refractivity contribution is 6.01. The van der Waals surface area contributed by atoms with E-state index in [1.54, 1.807) is 0 Å². The number of carbonyl (C=O) groups is 2. The van der Waals surface area contributed by atoms with Crippen molar-refractivity contribution < 1.29 is 9.59 Å². The number of hydrogen-bond acceptors (Lipinski definition) is 3. The number of carbonyl (C=O) groups excluding carboxylic acids is 2. The zero-order valence-corrected chi connectivity index (χ0v) is 17.3. The molecule has 2 N–H and O–H groups in total. The summed E-state index contributed by atoms with van der Waals surface area (Å²) in [5, 5.41) is 5.84. The van der Waals surface area contributed by atoms with Gasteiger partial charge >= 0.3 is 0 Å². The molecule has 3 aromatic rings. The summed E-state index contributed by atoms with van der Waals surface area (Å²) in [4.78, 5) is 27.2. The van der Waals surface area contributed by atoms with Crippen molar-refractivity contribution in [2.75, 3.05) is 16.8 Å². The highest BCUT2D eigenvalue weighted by Crippen LogP contribution is 2.32. The van der Waals surface area contributed by atoms with Gasteiger partial charge in [0.15, 0.2) is 0 Å². The number of nitrogens with one attached hydrogen (secondary N) is 2. The molecule has 5 rings (SSSR count). The van der Waals surface area contributed by atoms with Gasteiger partial charge in [0.05, 0.1) is 5.92 Å². The third kappa shape index (κ3) is 4.04. The molecule has 31 heavy (non-hydrogen) atoms. The Morgan fingerprint density at radius 2 is 1.71 bits per heavy atom. The van der Waals surface area contributed by atoms with E-state index in [1.165, 1.54) is 16.8 Å².